The Balaban J connectivity index is 3.29. The summed E-state index contributed by atoms with van der Waals surface area (Å²) in [6.45, 7) is 2.50. The van der Waals surface area contributed by atoms with Gasteiger partial charge in [-0.1, -0.05) is 22.9 Å². The Hall–Kier alpha value is -0.740. The minimum Gasteiger partial charge on any atom is -0.504 e. The van der Waals surface area contributed by atoms with Gasteiger partial charge in [-0.15, -0.1) is 0 Å². The quantitative estimate of drug-likeness (QED) is 0.876. The van der Waals surface area contributed by atoms with Gasteiger partial charge in [-0.2, -0.15) is 0 Å². The molecule has 0 aliphatic heterocycles. The molecule has 0 aliphatic rings. The molecule has 0 saturated carbocycles. The fourth-order valence-electron chi connectivity index (χ4n) is 1.36. The topological polar surface area (TPSA) is 55.5 Å². The number of hydrogen-bond donors (Lipinski definition) is 2. The first-order chi connectivity index (χ1) is 6.61. The number of phenolic OH excluding ortho intramolecular Hbond substituents is 1. The number of phenols is 1. The molecular weight excluding hydrogens is 246 g/mol. The van der Waals surface area contributed by atoms with Gasteiger partial charge in [-0.05, 0) is 24.6 Å². The highest BCUT2D eigenvalue weighted by atomic mass is 79.9. The van der Waals surface area contributed by atoms with Crippen molar-refractivity contribution in [1.29, 1.82) is 0 Å². The number of methoxy groups -OCH3 is 1. The fourth-order valence-corrected chi connectivity index (χ4v) is 2.06. The van der Waals surface area contributed by atoms with Crippen LogP contribution in [-0.4, -0.2) is 18.8 Å². The normalized spacial score (nSPS) is 12.6. The fraction of sp³-hybridized carbons (Fsp3) is 0.400. The third kappa shape index (κ3) is 2.01. The average Bonchev–Trinajstić information content (AvgIpc) is 2.19. The van der Waals surface area contributed by atoms with Crippen molar-refractivity contribution in [2.75, 3.05) is 13.7 Å². The number of nitrogens with two attached hydrogens (primary N) is 1. The summed E-state index contributed by atoms with van der Waals surface area (Å²) in [5, 5.41) is 9.57. The van der Waals surface area contributed by atoms with Crippen molar-refractivity contribution in [2.45, 2.75) is 12.8 Å². The van der Waals surface area contributed by atoms with Gasteiger partial charge in [0.25, 0.3) is 0 Å². The molecule has 78 valence electrons. The van der Waals surface area contributed by atoms with Crippen molar-refractivity contribution in [3.8, 4) is 11.5 Å². The minimum atomic E-state index is 0.144. The van der Waals surface area contributed by atoms with Crippen molar-refractivity contribution in [1.82, 2.24) is 0 Å². The van der Waals surface area contributed by atoms with E-state index < -0.39 is 0 Å². The van der Waals surface area contributed by atoms with Gasteiger partial charge in [0.2, 0.25) is 0 Å². The van der Waals surface area contributed by atoms with Crippen LogP contribution in [0.15, 0.2) is 16.6 Å². The van der Waals surface area contributed by atoms with Crippen LogP contribution in [0.4, 0.5) is 0 Å². The number of aromatic hydroxyl groups is 1. The summed E-state index contributed by atoms with van der Waals surface area (Å²) in [5.74, 6) is 0.787. The molecule has 0 radical (unpaired) electrons. The highest BCUT2D eigenvalue weighted by molar-refractivity contribution is 9.10. The molecule has 0 spiro atoms. The van der Waals surface area contributed by atoms with Gasteiger partial charge in [0.05, 0.1) is 7.11 Å². The summed E-state index contributed by atoms with van der Waals surface area (Å²) >= 11 is 3.42. The molecule has 3 N–H and O–H groups in total. The molecule has 1 rings (SSSR count). The van der Waals surface area contributed by atoms with Crippen molar-refractivity contribution in [3.05, 3.63) is 22.2 Å². The van der Waals surface area contributed by atoms with Crippen LogP contribution in [0.25, 0.3) is 0 Å². The van der Waals surface area contributed by atoms with Crippen LogP contribution in [0, 0.1) is 0 Å². The lowest BCUT2D eigenvalue weighted by Crippen LogP contribution is -2.10. The maximum Gasteiger partial charge on any atom is 0.165 e. The first-order valence-electron chi connectivity index (χ1n) is 4.37. The van der Waals surface area contributed by atoms with Crippen molar-refractivity contribution < 1.29 is 9.84 Å². The Bertz CT molecular complexity index is 328. The molecule has 0 saturated heterocycles. The Morgan fingerprint density at radius 2 is 2.21 bits per heavy atom. The third-order valence-corrected chi connectivity index (χ3v) is 2.86. The van der Waals surface area contributed by atoms with Gasteiger partial charge in [0.15, 0.2) is 11.5 Å². The van der Waals surface area contributed by atoms with E-state index in [4.69, 9.17) is 10.5 Å². The number of benzene rings is 1. The molecule has 1 aromatic rings. The monoisotopic (exact) mass is 259 g/mol. The predicted octanol–water partition coefficient (Wildman–Crippen LogP) is 2.23. The molecule has 14 heavy (non-hydrogen) atoms. The van der Waals surface area contributed by atoms with Gasteiger partial charge >= 0.3 is 0 Å². The summed E-state index contributed by atoms with van der Waals surface area (Å²) in [6.07, 6.45) is 0. The first kappa shape index (κ1) is 11.3. The van der Waals surface area contributed by atoms with E-state index in [1.54, 1.807) is 12.1 Å². The van der Waals surface area contributed by atoms with Crippen LogP contribution < -0.4 is 10.5 Å². The number of ether oxygens (including phenoxy) is 1. The lowest BCUT2D eigenvalue weighted by atomic mass is 10.00. The maximum absolute atomic E-state index is 9.57. The summed E-state index contributed by atoms with van der Waals surface area (Å²) in [5.41, 5.74) is 6.50. The molecule has 1 atom stereocenters. The average molecular weight is 260 g/mol. The minimum absolute atomic E-state index is 0.144. The molecule has 0 amide bonds. The lowest BCUT2D eigenvalue weighted by Gasteiger charge is -2.16. The van der Waals surface area contributed by atoms with Gasteiger partial charge in [-0.3, -0.25) is 0 Å². The largest absolute Gasteiger partial charge is 0.504 e. The summed E-state index contributed by atoms with van der Waals surface area (Å²) in [4.78, 5) is 0. The highest BCUT2D eigenvalue weighted by Gasteiger charge is 2.17. The zero-order chi connectivity index (χ0) is 10.7. The van der Waals surface area contributed by atoms with Crippen LogP contribution in [0.3, 0.4) is 0 Å². The Kier molecular flexibility index (Phi) is 3.77. The van der Waals surface area contributed by atoms with E-state index in [-0.39, 0.29) is 11.7 Å². The number of rotatable bonds is 3. The third-order valence-electron chi connectivity index (χ3n) is 2.17. The smallest absolute Gasteiger partial charge is 0.165 e. The van der Waals surface area contributed by atoms with Crippen molar-refractivity contribution >= 4 is 15.9 Å². The second kappa shape index (κ2) is 4.66. The first-order valence-corrected chi connectivity index (χ1v) is 5.16. The Morgan fingerprint density at radius 3 is 2.71 bits per heavy atom. The molecule has 0 aliphatic carbocycles. The molecule has 0 aromatic heterocycles. The van der Waals surface area contributed by atoms with Crippen molar-refractivity contribution in [3.63, 3.8) is 0 Å². The van der Waals surface area contributed by atoms with Gasteiger partial charge < -0.3 is 15.6 Å². The van der Waals surface area contributed by atoms with E-state index in [9.17, 15) is 5.11 Å². The summed E-state index contributed by atoms with van der Waals surface area (Å²) < 4.78 is 6.05. The predicted molar refractivity (Wildman–Crippen MR) is 59.8 cm³/mol. The maximum atomic E-state index is 9.57. The molecule has 1 aromatic carbocycles. The zero-order valence-electron chi connectivity index (χ0n) is 8.25. The van der Waals surface area contributed by atoms with E-state index >= 15 is 0 Å². The number of halogens is 1. The van der Waals surface area contributed by atoms with Crippen LogP contribution >= 0.6 is 15.9 Å². The van der Waals surface area contributed by atoms with Crippen molar-refractivity contribution in [2.24, 2.45) is 5.73 Å². The van der Waals surface area contributed by atoms with E-state index in [0.717, 1.165) is 10.0 Å². The molecule has 1 unspecified atom stereocenters. The van der Waals surface area contributed by atoms with Gasteiger partial charge in [-0.25, -0.2) is 0 Å². The van der Waals surface area contributed by atoms with Gasteiger partial charge in [0, 0.05) is 10.0 Å². The molecule has 4 heteroatoms. The van der Waals surface area contributed by atoms with E-state index in [0.29, 0.717) is 12.3 Å². The standard InChI is InChI=1S/C10H14BrNO2/c1-6(5-12)9-7(11)3-4-8(13)10(9)14-2/h3-4,6,13H,5,12H2,1-2H3. The summed E-state index contributed by atoms with van der Waals surface area (Å²) in [7, 11) is 1.54. The SMILES string of the molecule is COc1c(O)ccc(Br)c1C(C)CN. The second-order valence-corrected chi connectivity index (χ2v) is 4.00. The second-order valence-electron chi connectivity index (χ2n) is 3.15. The van der Waals surface area contributed by atoms with E-state index in [1.807, 2.05) is 6.92 Å². The highest BCUT2D eigenvalue weighted by Crippen LogP contribution is 2.39. The Labute approximate surface area is 92.0 Å². The molecule has 0 heterocycles. The summed E-state index contributed by atoms with van der Waals surface area (Å²) in [6, 6.07) is 3.38. The molecule has 3 nitrogen and oxygen atoms in total. The zero-order valence-corrected chi connectivity index (χ0v) is 9.84. The van der Waals surface area contributed by atoms with Crippen LogP contribution in [0.5, 0.6) is 11.5 Å². The molecular formula is C10H14BrNO2. The molecule has 0 fully saturated rings. The molecule has 0 bridgehead atoms. The lowest BCUT2D eigenvalue weighted by molar-refractivity contribution is 0.366. The van der Waals surface area contributed by atoms with E-state index in [2.05, 4.69) is 15.9 Å². The van der Waals surface area contributed by atoms with Crippen LogP contribution in [0.1, 0.15) is 18.4 Å². The number of hydrogen-bond acceptors (Lipinski definition) is 3. The van der Waals surface area contributed by atoms with Gasteiger partial charge in [0.1, 0.15) is 0 Å². The Morgan fingerprint density at radius 1 is 1.57 bits per heavy atom. The van der Waals surface area contributed by atoms with Crippen LogP contribution in [-0.2, 0) is 0 Å². The van der Waals surface area contributed by atoms with E-state index in [1.165, 1.54) is 7.11 Å². The van der Waals surface area contributed by atoms with Crippen LogP contribution in [0.2, 0.25) is 0 Å².